The normalized spacial score (nSPS) is 17.2. The molecule has 4 heteroatoms. The summed E-state index contributed by atoms with van der Waals surface area (Å²) < 4.78 is 11.4. The highest BCUT2D eigenvalue weighted by Crippen LogP contribution is 2.41. The third-order valence-electron chi connectivity index (χ3n) is 2.76. The summed E-state index contributed by atoms with van der Waals surface area (Å²) in [6, 6.07) is 8.01. The van der Waals surface area contributed by atoms with Gasteiger partial charge in [0.05, 0.1) is 0 Å². The van der Waals surface area contributed by atoms with Crippen molar-refractivity contribution in [2.75, 3.05) is 12.8 Å². The Kier molecular flexibility index (Phi) is 2.92. The van der Waals surface area contributed by atoms with Gasteiger partial charge in [-0.15, -0.1) is 0 Å². The van der Waals surface area contributed by atoms with Gasteiger partial charge in [0.25, 0.3) is 0 Å². The van der Waals surface area contributed by atoms with Gasteiger partial charge in [-0.05, 0) is 17.5 Å². The Bertz CT molecular complexity index is 541. The van der Waals surface area contributed by atoms with Crippen molar-refractivity contribution in [2.45, 2.75) is 12.8 Å². The van der Waals surface area contributed by atoms with Crippen LogP contribution in [0.5, 0.6) is 0 Å². The molecule has 0 saturated heterocycles. The lowest BCUT2D eigenvalue weighted by Crippen LogP contribution is -1.99. The lowest BCUT2D eigenvalue weighted by molar-refractivity contribution is 0.481. The second-order valence-corrected chi connectivity index (χ2v) is 6.89. The van der Waals surface area contributed by atoms with E-state index in [4.69, 9.17) is 0 Å². The molecule has 2 atom stereocenters. The Morgan fingerprint density at radius 1 is 1.44 bits per heavy atom. The van der Waals surface area contributed by atoms with Crippen molar-refractivity contribution < 1.29 is 9.46 Å². The minimum Gasteiger partial charge on any atom is -0.361 e. The van der Waals surface area contributed by atoms with Crippen LogP contribution < -0.4 is 0 Å². The second kappa shape index (κ2) is 4.08. The van der Waals surface area contributed by atoms with Crippen LogP contribution in [0.4, 0.5) is 0 Å². The molecule has 2 unspecified atom stereocenters. The monoisotopic (exact) mass is 237 g/mol. The smallest absolute Gasteiger partial charge is 0.198 e. The maximum atomic E-state index is 11.4. The molecule has 2 N–H and O–H groups in total. The average molecular weight is 237 g/mol. The Morgan fingerprint density at radius 3 is 2.81 bits per heavy atom. The molecule has 86 valence electrons. The van der Waals surface area contributed by atoms with Gasteiger partial charge in [-0.3, -0.25) is 4.57 Å². The van der Waals surface area contributed by atoms with Gasteiger partial charge in [0.15, 0.2) is 7.37 Å². The average Bonchev–Trinajstić information content (AvgIpc) is 2.58. The Hall–Kier alpha value is -1.05. The Balaban J connectivity index is 2.37. The molecule has 0 aliphatic carbocycles. The van der Waals surface area contributed by atoms with Crippen LogP contribution in [0, 0.1) is 0 Å². The molecule has 0 radical (unpaired) electrons. The topological polar surface area (TPSA) is 53.1 Å². The third kappa shape index (κ3) is 2.37. The van der Waals surface area contributed by atoms with Crippen LogP contribution in [0.3, 0.4) is 0 Å². The summed E-state index contributed by atoms with van der Waals surface area (Å²) in [5.74, 6) is 0.0944. The highest BCUT2D eigenvalue weighted by atomic mass is 31.2. The minimum atomic E-state index is -2.95. The number of aromatic amines is 1. The minimum absolute atomic E-state index is 0.0944. The maximum absolute atomic E-state index is 11.4. The summed E-state index contributed by atoms with van der Waals surface area (Å²) in [5.41, 5.74) is 2.19. The molecule has 0 bridgehead atoms. The first-order valence-electron chi connectivity index (χ1n) is 5.32. The van der Waals surface area contributed by atoms with Crippen LogP contribution >= 0.6 is 7.37 Å². The van der Waals surface area contributed by atoms with E-state index in [1.54, 1.807) is 0 Å². The lowest BCUT2D eigenvalue weighted by Gasteiger charge is -2.12. The van der Waals surface area contributed by atoms with Crippen LogP contribution in [0.15, 0.2) is 30.5 Å². The van der Waals surface area contributed by atoms with E-state index in [1.807, 2.05) is 37.4 Å². The number of nitrogens with one attached hydrogen (secondary N) is 1. The largest absolute Gasteiger partial charge is 0.361 e. The van der Waals surface area contributed by atoms with Crippen molar-refractivity contribution in [3.8, 4) is 0 Å². The number of H-pyrrole nitrogens is 1. The number of fused-ring (bicyclic) bond motifs is 1. The number of benzene rings is 1. The molecule has 1 aromatic heterocycles. The van der Waals surface area contributed by atoms with Gasteiger partial charge in [0, 0.05) is 29.9 Å². The summed E-state index contributed by atoms with van der Waals surface area (Å²) in [7, 11) is -2.95. The van der Waals surface area contributed by atoms with Crippen molar-refractivity contribution in [3.05, 3.63) is 36.0 Å². The van der Waals surface area contributed by atoms with Gasteiger partial charge in [-0.2, -0.15) is 0 Å². The quantitative estimate of drug-likeness (QED) is 0.805. The fourth-order valence-electron chi connectivity index (χ4n) is 2.11. The van der Waals surface area contributed by atoms with Crippen molar-refractivity contribution in [1.29, 1.82) is 0 Å². The van der Waals surface area contributed by atoms with Crippen molar-refractivity contribution in [1.82, 2.24) is 4.98 Å². The van der Waals surface area contributed by atoms with Crippen LogP contribution in [-0.2, 0) is 4.57 Å². The van der Waals surface area contributed by atoms with Crippen LogP contribution in [-0.4, -0.2) is 22.7 Å². The lowest BCUT2D eigenvalue weighted by atomic mass is 10.0. The molecule has 2 aromatic rings. The molecule has 0 aliphatic heterocycles. The molecular weight excluding hydrogens is 221 g/mol. The summed E-state index contributed by atoms with van der Waals surface area (Å²) in [6.45, 7) is 3.40. The molecule has 2 rings (SSSR count). The highest BCUT2D eigenvalue weighted by molar-refractivity contribution is 7.57. The summed E-state index contributed by atoms with van der Waals surface area (Å²) in [6.07, 6.45) is 2.26. The van der Waals surface area contributed by atoms with Crippen LogP contribution in [0.1, 0.15) is 18.4 Å². The van der Waals surface area contributed by atoms with Gasteiger partial charge in [0.1, 0.15) is 0 Å². The molecule has 16 heavy (non-hydrogen) atoms. The van der Waals surface area contributed by atoms with E-state index in [9.17, 15) is 9.46 Å². The van der Waals surface area contributed by atoms with Crippen LogP contribution in [0.2, 0.25) is 0 Å². The summed E-state index contributed by atoms with van der Waals surface area (Å²) in [4.78, 5) is 12.6. The van der Waals surface area contributed by atoms with E-state index in [-0.39, 0.29) is 5.92 Å². The maximum Gasteiger partial charge on any atom is 0.198 e. The van der Waals surface area contributed by atoms with Gasteiger partial charge >= 0.3 is 0 Å². The van der Waals surface area contributed by atoms with E-state index in [0.717, 1.165) is 16.5 Å². The van der Waals surface area contributed by atoms with Gasteiger partial charge in [-0.1, -0.05) is 25.1 Å². The predicted molar refractivity (Wildman–Crippen MR) is 67.3 cm³/mol. The van der Waals surface area contributed by atoms with Crippen LogP contribution in [0.25, 0.3) is 10.9 Å². The first-order chi connectivity index (χ1) is 7.47. The Labute approximate surface area is 95.0 Å². The number of para-hydroxylation sites is 1. The summed E-state index contributed by atoms with van der Waals surface area (Å²) in [5, 5.41) is 1.14. The zero-order chi connectivity index (χ0) is 11.8. The second-order valence-electron chi connectivity index (χ2n) is 4.42. The molecule has 0 amide bonds. The third-order valence-corrected chi connectivity index (χ3v) is 3.99. The number of rotatable bonds is 3. The summed E-state index contributed by atoms with van der Waals surface area (Å²) >= 11 is 0. The van der Waals surface area contributed by atoms with Crippen molar-refractivity contribution >= 4 is 18.3 Å². The molecule has 0 fully saturated rings. The van der Waals surface area contributed by atoms with E-state index >= 15 is 0 Å². The number of hydrogen-bond donors (Lipinski definition) is 2. The molecular formula is C12H16NO2P. The zero-order valence-electron chi connectivity index (χ0n) is 9.47. The molecule has 0 saturated carbocycles. The van der Waals surface area contributed by atoms with Crippen molar-refractivity contribution in [3.63, 3.8) is 0 Å². The van der Waals surface area contributed by atoms with Crippen molar-refractivity contribution in [2.24, 2.45) is 0 Å². The van der Waals surface area contributed by atoms with E-state index in [2.05, 4.69) is 4.98 Å². The fourth-order valence-corrected chi connectivity index (χ4v) is 3.32. The predicted octanol–water partition coefficient (Wildman–Crippen LogP) is 3.17. The van der Waals surface area contributed by atoms with Gasteiger partial charge in [-0.25, -0.2) is 0 Å². The molecule has 0 spiro atoms. The first kappa shape index (κ1) is 11.4. The van der Waals surface area contributed by atoms with Gasteiger partial charge < -0.3 is 9.88 Å². The van der Waals surface area contributed by atoms with Gasteiger partial charge in [0.2, 0.25) is 0 Å². The zero-order valence-corrected chi connectivity index (χ0v) is 10.4. The molecule has 1 aromatic carbocycles. The van der Waals surface area contributed by atoms with E-state index in [1.165, 1.54) is 6.66 Å². The molecule has 3 nitrogen and oxygen atoms in total. The molecule has 0 aliphatic rings. The number of aromatic nitrogens is 1. The number of hydrogen-bond acceptors (Lipinski definition) is 1. The standard InChI is InChI=1S/C12H16NO2P/c1-9(8-16(2,14)15)11-7-13-12-6-4-3-5-10(11)12/h3-7,9,13H,8H2,1-2H3,(H,14,15). The first-order valence-corrected chi connectivity index (χ1v) is 7.62. The Morgan fingerprint density at radius 2 is 2.12 bits per heavy atom. The SMILES string of the molecule is CC(CP(C)(=O)O)c1c[nH]c2ccccc12. The highest BCUT2D eigenvalue weighted by Gasteiger charge is 2.19. The molecule has 1 heterocycles. The van der Waals surface area contributed by atoms with E-state index < -0.39 is 7.37 Å². The fraction of sp³-hybridized carbons (Fsp3) is 0.333. The van der Waals surface area contributed by atoms with E-state index in [0.29, 0.717) is 6.16 Å².